The van der Waals surface area contributed by atoms with Gasteiger partial charge in [-0.25, -0.2) is 8.42 Å². The maximum Gasteiger partial charge on any atom is 0.161 e. The molecule has 0 fully saturated rings. The van der Waals surface area contributed by atoms with Crippen LogP contribution in [0.15, 0.2) is 18.2 Å². The minimum Gasteiger partial charge on any atom is -0.486 e. The van der Waals surface area contributed by atoms with Gasteiger partial charge in [-0.15, -0.1) is 0 Å². The highest BCUT2D eigenvalue weighted by Gasteiger charge is 2.27. The van der Waals surface area contributed by atoms with E-state index in [4.69, 9.17) is 9.47 Å². The van der Waals surface area contributed by atoms with Gasteiger partial charge in [0.2, 0.25) is 0 Å². The summed E-state index contributed by atoms with van der Waals surface area (Å²) in [5.41, 5.74) is 1.27. The topological polar surface area (TPSA) is 52.6 Å². The van der Waals surface area contributed by atoms with E-state index in [0.29, 0.717) is 19.0 Å². The zero-order chi connectivity index (χ0) is 17.6. The Morgan fingerprint density at radius 3 is 2.25 bits per heavy atom. The Balaban J connectivity index is 1.62. The van der Waals surface area contributed by atoms with Gasteiger partial charge in [0.05, 0.1) is 10.5 Å². The first-order valence-electron chi connectivity index (χ1n) is 8.90. The quantitative estimate of drug-likeness (QED) is 0.658. The van der Waals surface area contributed by atoms with Gasteiger partial charge in [0.15, 0.2) is 21.3 Å². The molecule has 0 saturated carbocycles. The number of unbranched alkanes of at least 4 members (excludes halogenated alkanes) is 4. The molecule has 0 amide bonds. The van der Waals surface area contributed by atoms with Crippen molar-refractivity contribution in [1.82, 2.24) is 0 Å². The molecule has 0 bridgehead atoms. The van der Waals surface area contributed by atoms with E-state index in [9.17, 15) is 8.42 Å². The lowest BCUT2D eigenvalue weighted by atomic mass is 10.0. The standard InChI is InChI=1S/C19H30O4S/c1-19(2,3)24(20,21)14-8-6-4-5-7-9-16-10-11-17-18(15-16)23-13-12-22-17/h10-11,15H,4-9,12-14H2,1-3H3. The molecule has 0 N–H and O–H groups in total. The second-order valence-corrected chi connectivity index (χ2v) is 10.3. The molecular formula is C19H30O4S. The molecule has 0 spiro atoms. The van der Waals surface area contributed by atoms with Crippen molar-refractivity contribution in [2.24, 2.45) is 0 Å². The molecule has 24 heavy (non-hydrogen) atoms. The molecule has 2 rings (SSSR count). The Labute approximate surface area is 146 Å². The Kier molecular flexibility index (Phi) is 6.55. The highest BCUT2D eigenvalue weighted by atomic mass is 32.2. The molecule has 0 unspecified atom stereocenters. The summed E-state index contributed by atoms with van der Waals surface area (Å²) >= 11 is 0. The van der Waals surface area contributed by atoms with Crippen molar-refractivity contribution < 1.29 is 17.9 Å². The van der Waals surface area contributed by atoms with Crippen molar-refractivity contribution in [1.29, 1.82) is 0 Å². The van der Waals surface area contributed by atoms with Gasteiger partial charge in [0.25, 0.3) is 0 Å². The SMILES string of the molecule is CC(C)(C)S(=O)(=O)CCCCCCCc1ccc2c(c1)OCCO2. The van der Waals surface area contributed by atoms with Crippen molar-refractivity contribution in [3.8, 4) is 11.5 Å². The first-order chi connectivity index (χ1) is 11.3. The van der Waals surface area contributed by atoms with Gasteiger partial charge >= 0.3 is 0 Å². The molecule has 0 saturated heterocycles. The molecule has 4 nitrogen and oxygen atoms in total. The Morgan fingerprint density at radius 1 is 0.917 bits per heavy atom. The van der Waals surface area contributed by atoms with Crippen LogP contribution in [0.2, 0.25) is 0 Å². The number of rotatable bonds is 8. The van der Waals surface area contributed by atoms with Gasteiger partial charge in [-0.1, -0.05) is 25.3 Å². The number of benzene rings is 1. The highest BCUT2D eigenvalue weighted by Crippen LogP contribution is 2.31. The summed E-state index contributed by atoms with van der Waals surface area (Å²) in [4.78, 5) is 0. The van der Waals surface area contributed by atoms with Gasteiger partial charge in [-0.3, -0.25) is 0 Å². The Bertz CT molecular complexity index is 629. The van der Waals surface area contributed by atoms with Gasteiger partial charge in [0, 0.05) is 0 Å². The van der Waals surface area contributed by atoms with E-state index in [-0.39, 0.29) is 0 Å². The Hall–Kier alpha value is -1.23. The third-order valence-corrected chi connectivity index (χ3v) is 7.11. The van der Waals surface area contributed by atoms with Gasteiger partial charge in [0.1, 0.15) is 13.2 Å². The first kappa shape index (κ1) is 19.1. The molecule has 0 aromatic heterocycles. The van der Waals surface area contributed by atoms with Crippen LogP contribution in [-0.4, -0.2) is 32.1 Å². The van der Waals surface area contributed by atoms with Crippen LogP contribution in [0.3, 0.4) is 0 Å². The van der Waals surface area contributed by atoms with Crippen LogP contribution >= 0.6 is 0 Å². The molecule has 1 heterocycles. The lowest BCUT2D eigenvalue weighted by Crippen LogP contribution is -2.30. The zero-order valence-corrected chi connectivity index (χ0v) is 16.0. The smallest absolute Gasteiger partial charge is 0.161 e. The average Bonchev–Trinajstić information content (AvgIpc) is 2.52. The minimum atomic E-state index is -2.97. The second kappa shape index (κ2) is 8.24. The van der Waals surface area contributed by atoms with Crippen molar-refractivity contribution in [3.05, 3.63) is 23.8 Å². The lowest BCUT2D eigenvalue weighted by molar-refractivity contribution is 0.171. The van der Waals surface area contributed by atoms with Crippen molar-refractivity contribution in [3.63, 3.8) is 0 Å². The van der Waals surface area contributed by atoms with Crippen LogP contribution in [0.25, 0.3) is 0 Å². The molecule has 0 radical (unpaired) electrons. The van der Waals surface area contributed by atoms with E-state index in [0.717, 1.165) is 50.0 Å². The predicted molar refractivity (Wildman–Crippen MR) is 97.8 cm³/mol. The van der Waals surface area contributed by atoms with Gasteiger partial charge in [-0.05, 0) is 57.7 Å². The zero-order valence-electron chi connectivity index (χ0n) is 15.1. The summed E-state index contributed by atoms with van der Waals surface area (Å²) in [7, 11) is -2.97. The molecule has 1 aliphatic heterocycles. The van der Waals surface area contributed by atoms with Crippen molar-refractivity contribution >= 4 is 9.84 Å². The number of hydrogen-bond donors (Lipinski definition) is 0. The molecule has 136 valence electrons. The minimum absolute atomic E-state index is 0.304. The highest BCUT2D eigenvalue weighted by molar-refractivity contribution is 7.92. The molecule has 0 aliphatic carbocycles. The summed E-state index contributed by atoms with van der Waals surface area (Å²) in [6, 6.07) is 6.16. The van der Waals surface area contributed by atoms with E-state index in [2.05, 4.69) is 12.1 Å². The third-order valence-electron chi connectivity index (χ3n) is 4.42. The fraction of sp³-hybridized carbons (Fsp3) is 0.684. The molecular weight excluding hydrogens is 324 g/mol. The molecule has 1 aromatic carbocycles. The summed E-state index contributed by atoms with van der Waals surface area (Å²) in [5.74, 6) is 2.00. The van der Waals surface area contributed by atoms with Crippen LogP contribution in [-0.2, 0) is 16.3 Å². The van der Waals surface area contributed by atoms with Gasteiger partial charge < -0.3 is 9.47 Å². The maximum atomic E-state index is 12.0. The molecule has 1 aliphatic rings. The summed E-state index contributed by atoms with van der Waals surface area (Å²) < 4.78 is 34.5. The molecule has 1 aromatic rings. The fourth-order valence-corrected chi connectivity index (χ4v) is 3.90. The predicted octanol–water partition coefficient (Wildman–Crippen LogP) is 4.16. The van der Waals surface area contributed by atoms with Crippen LogP contribution < -0.4 is 9.47 Å². The summed E-state index contributed by atoms with van der Waals surface area (Å²) in [6.07, 6.45) is 6.11. The average molecular weight is 355 g/mol. The van der Waals surface area contributed by atoms with Crippen molar-refractivity contribution in [2.75, 3.05) is 19.0 Å². The summed E-state index contributed by atoms with van der Waals surface area (Å²) in [6.45, 7) is 6.56. The normalized spacial score (nSPS) is 14.6. The van der Waals surface area contributed by atoms with E-state index in [1.807, 2.05) is 6.07 Å². The van der Waals surface area contributed by atoms with Crippen LogP contribution in [0, 0.1) is 0 Å². The number of fused-ring (bicyclic) bond motifs is 1. The summed E-state index contributed by atoms with van der Waals surface area (Å²) in [5, 5.41) is 0. The van der Waals surface area contributed by atoms with Gasteiger partial charge in [-0.2, -0.15) is 0 Å². The number of sulfone groups is 1. The second-order valence-electron chi connectivity index (χ2n) is 7.43. The number of ether oxygens (including phenoxy) is 2. The van der Waals surface area contributed by atoms with E-state index in [1.165, 1.54) is 5.56 Å². The number of hydrogen-bond acceptors (Lipinski definition) is 4. The van der Waals surface area contributed by atoms with E-state index >= 15 is 0 Å². The third kappa shape index (κ3) is 5.40. The van der Waals surface area contributed by atoms with Crippen molar-refractivity contribution in [2.45, 2.75) is 64.0 Å². The van der Waals surface area contributed by atoms with Crippen LogP contribution in [0.4, 0.5) is 0 Å². The monoisotopic (exact) mass is 354 g/mol. The number of aryl methyl sites for hydroxylation is 1. The molecule has 5 heteroatoms. The Morgan fingerprint density at radius 2 is 1.54 bits per heavy atom. The van der Waals surface area contributed by atoms with E-state index in [1.54, 1.807) is 20.8 Å². The van der Waals surface area contributed by atoms with E-state index < -0.39 is 14.6 Å². The lowest BCUT2D eigenvalue weighted by Gasteiger charge is -2.19. The first-order valence-corrected chi connectivity index (χ1v) is 10.6. The molecule has 0 atom stereocenters. The van der Waals surface area contributed by atoms with Crippen LogP contribution in [0.1, 0.15) is 58.4 Å². The fourth-order valence-electron chi connectivity index (χ4n) is 2.70. The van der Waals surface area contributed by atoms with Crippen LogP contribution in [0.5, 0.6) is 11.5 Å². The maximum absolute atomic E-state index is 12.0. The largest absolute Gasteiger partial charge is 0.486 e.